The molecule has 2 aromatic heterocycles. The molecule has 1 aliphatic heterocycles. The van der Waals surface area contributed by atoms with E-state index in [1.807, 2.05) is 35.7 Å². The molecular formula is C19H27N5O2. The predicted octanol–water partition coefficient (Wildman–Crippen LogP) is 2.37. The molecule has 0 aliphatic carbocycles. The second-order valence-corrected chi connectivity index (χ2v) is 7.05. The van der Waals surface area contributed by atoms with Crippen molar-refractivity contribution in [1.82, 2.24) is 24.5 Å². The summed E-state index contributed by atoms with van der Waals surface area (Å²) in [5, 5.41) is 8.66. The van der Waals surface area contributed by atoms with Crippen molar-refractivity contribution in [3.05, 3.63) is 35.4 Å². The molecule has 140 valence electrons. The highest BCUT2D eigenvalue weighted by Crippen LogP contribution is 2.21. The maximum atomic E-state index is 12.9. The third-order valence-corrected chi connectivity index (χ3v) is 5.22. The van der Waals surface area contributed by atoms with Gasteiger partial charge in [0.05, 0.1) is 11.3 Å². The topological polar surface area (TPSA) is 73.0 Å². The number of likely N-dealkylation sites (tertiary alicyclic amines) is 1. The number of rotatable bonds is 6. The van der Waals surface area contributed by atoms with Crippen LogP contribution in [-0.2, 0) is 17.9 Å². The van der Waals surface area contributed by atoms with Crippen molar-refractivity contribution in [3.63, 3.8) is 0 Å². The normalized spacial score (nSPS) is 17.5. The van der Waals surface area contributed by atoms with E-state index in [1.54, 1.807) is 17.8 Å². The van der Waals surface area contributed by atoms with E-state index in [0.717, 1.165) is 44.5 Å². The molecule has 2 aromatic rings. The van der Waals surface area contributed by atoms with Crippen LogP contribution in [0.4, 0.5) is 0 Å². The number of hydrogen-bond donors (Lipinski definition) is 0. The van der Waals surface area contributed by atoms with Crippen molar-refractivity contribution < 1.29 is 9.59 Å². The zero-order valence-electron chi connectivity index (χ0n) is 15.8. The van der Waals surface area contributed by atoms with Crippen molar-refractivity contribution in [2.45, 2.75) is 65.6 Å². The van der Waals surface area contributed by atoms with Gasteiger partial charge >= 0.3 is 0 Å². The molecule has 1 atom stereocenters. The van der Waals surface area contributed by atoms with Crippen LogP contribution in [-0.4, -0.2) is 48.7 Å². The van der Waals surface area contributed by atoms with Gasteiger partial charge in [0.25, 0.3) is 0 Å². The van der Waals surface area contributed by atoms with E-state index in [2.05, 4.69) is 10.2 Å². The Kier molecular flexibility index (Phi) is 5.54. The first-order valence-electron chi connectivity index (χ1n) is 9.29. The molecule has 1 saturated heterocycles. The SMILES string of the molecule is CC(=O)c1c(C)nn(CC(=O)N2CCCCC2CCn2cccn2)c1C. The monoisotopic (exact) mass is 357 g/mol. The number of aryl methyl sites for hydroxylation is 2. The average Bonchev–Trinajstić information content (AvgIpc) is 3.21. The lowest BCUT2D eigenvalue weighted by atomic mass is 9.99. The summed E-state index contributed by atoms with van der Waals surface area (Å²) in [5.74, 6) is 0.0737. The van der Waals surface area contributed by atoms with Crippen LogP contribution >= 0.6 is 0 Å². The van der Waals surface area contributed by atoms with Crippen LogP contribution in [0.15, 0.2) is 18.5 Å². The average molecular weight is 357 g/mol. The quantitative estimate of drug-likeness (QED) is 0.744. The van der Waals surface area contributed by atoms with E-state index < -0.39 is 0 Å². The van der Waals surface area contributed by atoms with Gasteiger partial charge in [-0.1, -0.05) is 0 Å². The molecule has 1 unspecified atom stereocenters. The molecule has 0 radical (unpaired) electrons. The number of hydrogen-bond acceptors (Lipinski definition) is 4. The van der Waals surface area contributed by atoms with E-state index in [4.69, 9.17) is 0 Å². The van der Waals surface area contributed by atoms with E-state index in [-0.39, 0.29) is 24.3 Å². The molecular weight excluding hydrogens is 330 g/mol. The summed E-state index contributed by atoms with van der Waals surface area (Å²) in [5.41, 5.74) is 2.09. The van der Waals surface area contributed by atoms with Crippen molar-refractivity contribution >= 4 is 11.7 Å². The minimum Gasteiger partial charge on any atom is -0.338 e. The first-order chi connectivity index (χ1) is 12.5. The van der Waals surface area contributed by atoms with Crippen molar-refractivity contribution in [2.24, 2.45) is 0 Å². The molecule has 1 amide bonds. The Morgan fingerprint density at radius 3 is 2.73 bits per heavy atom. The maximum absolute atomic E-state index is 12.9. The number of nitrogens with zero attached hydrogens (tertiary/aromatic N) is 5. The maximum Gasteiger partial charge on any atom is 0.244 e. The number of Topliss-reactive ketones (excluding diaryl/α,β-unsaturated/α-hetero) is 1. The highest BCUT2D eigenvalue weighted by Gasteiger charge is 2.27. The number of aromatic nitrogens is 4. The number of amides is 1. The first-order valence-corrected chi connectivity index (χ1v) is 9.29. The Labute approximate surface area is 154 Å². The van der Waals surface area contributed by atoms with Crippen LogP contribution in [0.2, 0.25) is 0 Å². The lowest BCUT2D eigenvalue weighted by Gasteiger charge is -2.36. The van der Waals surface area contributed by atoms with Crippen LogP contribution in [0.25, 0.3) is 0 Å². The molecule has 7 nitrogen and oxygen atoms in total. The summed E-state index contributed by atoms with van der Waals surface area (Å²) >= 11 is 0. The molecule has 0 N–H and O–H groups in total. The number of carbonyl (C=O) groups is 2. The molecule has 3 heterocycles. The lowest BCUT2D eigenvalue weighted by Crippen LogP contribution is -2.45. The largest absolute Gasteiger partial charge is 0.338 e. The summed E-state index contributed by atoms with van der Waals surface area (Å²) in [7, 11) is 0. The second-order valence-electron chi connectivity index (χ2n) is 7.05. The number of ketones is 1. The molecule has 0 bridgehead atoms. The molecule has 26 heavy (non-hydrogen) atoms. The summed E-state index contributed by atoms with van der Waals surface area (Å²) < 4.78 is 3.59. The smallest absolute Gasteiger partial charge is 0.244 e. The zero-order valence-corrected chi connectivity index (χ0v) is 15.8. The number of piperidine rings is 1. The molecule has 7 heteroatoms. The highest BCUT2D eigenvalue weighted by molar-refractivity contribution is 5.96. The third-order valence-electron chi connectivity index (χ3n) is 5.22. The van der Waals surface area contributed by atoms with E-state index in [9.17, 15) is 9.59 Å². The highest BCUT2D eigenvalue weighted by atomic mass is 16.2. The van der Waals surface area contributed by atoms with E-state index >= 15 is 0 Å². The van der Waals surface area contributed by atoms with Gasteiger partial charge in [-0.2, -0.15) is 10.2 Å². The zero-order chi connectivity index (χ0) is 18.7. The summed E-state index contributed by atoms with van der Waals surface area (Å²) in [6.45, 7) is 7.02. The van der Waals surface area contributed by atoms with E-state index in [0.29, 0.717) is 11.3 Å². The molecule has 1 aliphatic rings. The Morgan fingerprint density at radius 2 is 2.08 bits per heavy atom. The van der Waals surface area contributed by atoms with Gasteiger partial charge in [0, 0.05) is 37.2 Å². The fraction of sp³-hybridized carbons (Fsp3) is 0.579. The Morgan fingerprint density at radius 1 is 1.27 bits per heavy atom. The van der Waals surface area contributed by atoms with Gasteiger partial charge in [0.2, 0.25) is 5.91 Å². The first kappa shape index (κ1) is 18.4. The summed E-state index contributed by atoms with van der Waals surface area (Å²) in [6.07, 6.45) is 7.86. The van der Waals surface area contributed by atoms with Gasteiger partial charge in [-0.15, -0.1) is 0 Å². The van der Waals surface area contributed by atoms with Gasteiger partial charge in [0.1, 0.15) is 6.54 Å². The van der Waals surface area contributed by atoms with Crippen molar-refractivity contribution in [1.29, 1.82) is 0 Å². The van der Waals surface area contributed by atoms with Gasteiger partial charge in [0.15, 0.2) is 5.78 Å². The lowest BCUT2D eigenvalue weighted by molar-refractivity contribution is -0.136. The standard InChI is InChI=1S/C19H27N5O2/c1-14-19(16(3)25)15(2)24(21-14)13-18(26)23-11-5-4-7-17(23)8-12-22-10-6-9-20-22/h6,9-10,17H,4-5,7-8,11-13H2,1-3H3. The van der Waals surface area contributed by atoms with Crippen molar-refractivity contribution in [3.8, 4) is 0 Å². The van der Waals surface area contributed by atoms with Crippen LogP contribution in [0, 0.1) is 13.8 Å². The van der Waals surface area contributed by atoms with Crippen LogP contribution in [0.1, 0.15) is 54.4 Å². The Balaban J connectivity index is 1.68. The summed E-state index contributed by atoms with van der Waals surface area (Å²) in [6, 6.07) is 2.16. The van der Waals surface area contributed by atoms with Gasteiger partial charge in [-0.25, -0.2) is 0 Å². The molecule has 1 fully saturated rings. The van der Waals surface area contributed by atoms with Gasteiger partial charge in [-0.05, 0) is 52.5 Å². The predicted molar refractivity (Wildman–Crippen MR) is 97.9 cm³/mol. The minimum atomic E-state index is -0.00577. The Hall–Kier alpha value is -2.44. The minimum absolute atomic E-state index is 0.00577. The van der Waals surface area contributed by atoms with Crippen LogP contribution in [0.5, 0.6) is 0 Å². The second kappa shape index (κ2) is 7.85. The van der Waals surface area contributed by atoms with Gasteiger partial charge in [-0.3, -0.25) is 19.0 Å². The van der Waals surface area contributed by atoms with Crippen LogP contribution < -0.4 is 0 Å². The van der Waals surface area contributed by atoms with Gasteiger partial charge < -0.3 is 4.90 Å². The van der Waals surface area contributed by atoms with Crippen molar-refractivity contribution in [2.75, 3.05) is 6.54 Å². The molecule has 0 spiro atoms. The van der Waals surface area contributed by atoms with E-state index in [1.165, 1.54) is 0 Å². The fourth-order valence-corrected chi connectivity index (χ4v) is 3.92. The van der Waals surface area contributed by atoms with Crippen LogP contribution in [0.3, 0.4) is 0 Å². The number of carbonyl (C=O) groups excluding carboxylic acids is 2. The Bertz CT molecular complexity index is 778. The molecule has 0 aromatic carbocycles. The molecule has 0 saturated carbocycles. The third kappa shape index (κ3) is 3.86. The molecule has 3 rings (SSSR count). The fourth-order valence-electron chi connectivity index (χ4n) is 3.92. The summed E-state index contributed by atoms with van der Waals surface area (Å²) in [4.78, 5) is 26.7.